The topological polar surface area (TPSA) is 28.2 Å². The molecule has 3 nitrogen and oxygen atoms in total. The third-order valence-electron chi connectivity index (χ3n) is 4.56. The molecule has 0 aromatic carbocycles. The van der Waals surface area contributed by atoms with Gasteiger partial charge in [0.2, 0.25) is 0 Å². The van der Waals surface area contributed by atoms with E-state index in [2.05, 4.69) is 49.2 Å². The molecule has 0 bridgehead atoms. The Balaban J connectivity index is 1.96. The molecule has 0 aliphatic carbocycles. The quantitative estimate of drug-likeness (QED) is 0.806. The summed E-state index contributed by atoms with van der Waals surface area (Å²) >= 11 is 0. The first-order valence-electron chi connectivity index (χ1n) is 8.62. The highest BCUT2D eigenvalue weighted by Gasteiger charge is 2.20. The molecule has 1 atom stereocenters. The van der Waals surface area contributed by atoms with Crippen LogP contribution in [-0.4, -0.2) is 24.6 Å². The van der Waals surface area contributed by atoms with Gasteiger partial charge in [-0.05, 0) is 56.2 Å². The van der Waals surface area contributed by atoms with Gasteiger partial charge < -0.3 is 10.2 Å². The number of nitrogens with zero attached hydrogens (tertiary/aromatic N) is 2. The van der Waals surface area contributed by atoms with Crippen LogP contribution in [0.5, 0.6) is 0 Å². The van der Waals surface area contributed by atoms with Crippen LogP contribution < -0.4 is 10.2 Å². The molecule has 0 saturated carbocycles. The maximum absolute atomic E-state index is 4.84. The van der Waals surface area contributed by atoms with E-state index < -0.39 is 0 Å². The molecule has 1 N–H and O–H groups in total. The van der Waals surface area contributed by atoms with Crippen molar-refractivity contribution in [3.63, 3.8) is 0 Å². The molecule has 118 valence electrons. The number of anilines is 1. The Morgan fingerprint density at radius 1 is 1.29 bits per heavy atom. The van der Waals surface area contributed by atoms with Gasteiger partial charge in [-0.3, -0.25) is 0 Å². The zero-order chi connectivity index (χ0) is 15.1. The first-order chi connectivity index (χ1) is 10.2. The molecule has 0 spiro atoms. The van der Waals surface area contributed by atoms with Gasteiger partial charge in [-0.1, -0.05) is 26.8 Å². The van der Waals surface area contributed by atoms with Crippen LogP contribution in [0.25, 0.3) is 0 Å². The second kappa shape index (κ2) is 8.38. The molecule has 2 heterocycles. The Bertz CT molecular complexity index is 417. The van der Waals surface area contributed by atoms with Gasteiger partial charge in [0.25, 0.3) is 0 Å². The predicted octanol–water partition coefficient (Wildman–Crippen LogP) is 3.84. The van der Waals surface area contributed by atoms with Gasteiger partial charge in [0, 0.05) is 19.6 Å². The van der Waals surface area contributed by atoms with E-state index >= 15 is 0 Å². The molecular weight excluding hydrogens is 258 g/mol. The largest absolute Gasteiger partial charge is 0.357 e. The normalized spacial score (nSPS) is 19.8. The highest BCUT2D eigenvalue weighted by atomic mass is 15.2. The standard InChI is InChI=1S/C18H31N3/c1-4-11-19-14-17-8-5-9-18(20-17)21-12-6-7-16(10-13-21)15(2)3/h5,8-9,15-16,19H,4,6-7,10-14H2,1-3H3. The van der Waals surface area contributed by atoms with Crippen LogP contribution in [0.15, 0.2) is 18.2 Å². The molecule has 1 aliphatic rings. The molecule has 1 unspecified atom stereocenters. The van der Waals surface area contributed by atoms with Crippen molar-refractivity contribution in [2.75, 3.05) is 24.5 Å². The molecule has 1 aliphatic heterocycles. The number of rotatable bonds is 6. The van der Waals surface area contributed by atoms with Crippen LogP contribution in [0.2, 0.25) is 0 Å². The van der Waals surface area contributed by atoms with E-state index in [1.165, 1.54) is 25.7 Å². The van der Waals surface area contributed by atoms with E-state index in [1.54, 1.807) is 0 Å². The second-order valence-corrected chi connectivity index (χ2v) is 6.59. The number of aromatic nitrogens is 1. The van der Waals surface area contributed by atoms with Crippen LogP contribution in [-0.2, 0) is 6.54 Å². The van der Waals surface area contributed by atoms with Crippen LogP contribution in [0.3, 0.4) is 0 Å². The lowest BCUT2D eigenvalue weighted by Crippen LogP contribution is -2.26. The van der Waals surface area contributed by atoms with E-state index in [-0.39, 0.29) is 0 Å². The summed E-state index contributed by atoms with van der Waals surface area (Å²) in [5.74, 6) is 2.85. The fraction of sp³-hybridized carbons (Fsp3) is 0.722. The smallest absolute Gasteiger partial charge is 0.128 e. The van der Waals surface area contributed by atoms with Crippen molar-refractivity contribution in [2.24, 2.45) is 11.8 Å². The van der Waals surface area contributed by atoms with Crippen LogP contribution >= 0.6 is 0 Å². The summed E-state index contributed by atoms with van der Waals surface area (Å²) in [6.07, 6.45) is 5.13. The first kappa shape index (κ1) is 16.3. The minimum absolute atomic E-state index is 0.808. The van der Waals surface area contributed by atoms with Crippen molar-refractivity contribution >= 4 is 5.82 Å². The average Bonchev–Trinajstić information content (AvgIpc) is 2.74. The second-order valence-electron chi connectivity index (χ2n) is 6.59. The summed E-state index contributed by atoms with van der Waals surface area (Å²) in [4.78, 5) is 7.32. The van der Waals surface area contributed by atoms with Gasteiger partial charge >= 0.3 is 0 Å². The van der Waals surface area contributed by atoms with Gasteiger partial charge in [0.1, 0.15) is 5.82 Å². The van der Waals surface area contributed by atoms with Crippen molar-refractivity contribution in [3.05, 3.63) is 23.9 Å². The molecule has 1 aromatic rings. The predicted molar refractivity (Wildman–Crippen MR) is 90.6 cm³/mol. The minimum atomic E-state index is 0.808. The van der Waals surface area contributed by atoms with E-state index in [4.69, 9.17) is 4.98 Å². The number of hydrogen-bond donors (Lipinski definition) is 1. The molecule has 0 radical (unpaired) electrons. The Kier molecular flexibility index (Phi) is 6.50. The Hall–Kier alpha value is -1.09. The summed E-state index contributed by atoms with van der Waals surface area (Å²) in [6, 6.07) is 6.44. The molecular formula is C18H31N3. The molecule has 1 aromatic heterocycles. The van der Waals surface area contributed by atoms with Crippen LogP contribution in [0.4, 0.5) is 5.82 Å². The highest BCUT2D eigenvalue weighted by molar-refractivity contribution is 5.39. The lowest BCUT2D eigenvalue weighted by atomic mass is 9.89. The van der Waals surface area contributed by atoms with Crippen LogP contribution in [0.1, 0.15) is 52.1 Å². The molecule has 1 fully saturated rings. The van der Waals surface area contributed by atoms with Gasteiger partial charge in [0.05, 0.1) is 5.69 Å². The summed E-state index contributed by atoms with van der Waals surface area (Å²) in [5, 5.41) is 3.43. The maximum Gasteiger partial charge on any atom is 0.128 e. The molecule has 21 heavy (non-hydrogen) atoms. The van der Waals surface area contributed by atoms with Crippen molar-refractivity contribution < 1.29 is 0 Å². The van der Waals surface area contributed by atoms with Crippen molar-refractivity contribution in [3.8, 4) is 0 Å². The van der Waals surface area contributed by atoms with E-state index in [9.17, 15) is 0 Å². The van der Waals surface area contributed by atoms with Gasteiger partial charge in [-0.15, -0.1) is 0 Å². The lowest BCUT2D eigenvalue weighted by molar-refractivity contribution is 0.351. The Morgan fingerprint density at radius 3 is 2.90 bits per heavy atom. The van der Waals surface area contributed by atoms with Crippen LogP contribution in [0, 0.1) is 11.8 Å². The molecule has 3 heteroatoms. The zero-order valence-electron chi connectivity index (χ0n) is 13.9. The van der Waals surface area contributed by atoms with Crippen molar-refractivity contribution in [2.45, 2.75) is 53.0 Å². The van der Waals surface area contributed by atoms with E-state index in [0.29, 0.717) is 0 Å². The summed E-state index contributed by atoms with van der Waals surface area (Å²) in [5.41, 5.74) is 1.16. The third kappa shape index (κ3) is 4.99. The SMILES string of the molecule is CCCNCc1cccc(N2CCCC(C(C)C)CC2)n1. The molecule has 1 saturated heterocycles. The molecule has 2 rings (SSSR count). The van der Waals surface area contributed by atoms with Gasteiger partial charge in [-0.2, -0.15) is 0 Å². The van der Waals surface area contributed by atoms with Gasteiger partial charge in [0.15, 0.2) is 0 Å². The Labute approximate surface area is 130 Å². The average molecular weight is 289 g/mol. The van der Waals surface area contributed by atoms with E-state index in [1.807, 2.05) is 0 Å². The minimum Gasteiger partial charge on any atom is -0.357 e. The zero-order valence-corrected chi connectivity index (χ0v) is 13.9. The first-order valence-corrected chi connectivity index (χ1v) is 8.62. The monoisotopic (exact) mass is 289 g/mol. The fourth-order valence-electron chi connectivity index (χ4n) is 3.15. The van der Waals surface area contributed by atoms with Crippen molar-refractivity contribution in [1.82, 2.24) is 10.3 Å². The lowest BCUT2D eigenvalue weighted by Gasteiger charge is -2.23. The number of hydrogen-bond acceptors (Lipinski definition) is 3. The Morgan fingerprint density at radius 2 is 2.14 bits per heavy atom. The van der Waals surface area contributed by atoms with E-state index in [0.717, 1.165) is 49.5 Å². The van der Waals surface area contributed by atoms with Crippen molar-refractivity contribution in [1.29, 1.82) is 0 Å². The molecule has 0 amide bonds. The summed E-state index contributed by atoms with van der Waals surface area (Å²) in [7, 11) is 0. The highest BCUT2D eigenvalue weighted by Crippen LogP contribution is 2.26. The fourth-order valence-corrected chi connectivity index (χ4v) is 3.15. The summed E-state index contributed by atoms with van der Waals surface area (Å²) < 4.78 is 0. The number of pyridine rings is 1. The number of nitrogens with one attached hydrogen (secondary N) is 1. The summed E-state index contributed by atoms with van der Waals surface area (Å²) in [6.45, 7) is 11.2. The van der Waals surface area contributed by atoms with Gasteiger partial charge in [-0.25, -0.2) is 4.98 Å². The third-order valence-corrected chi connectivity index (χ3v) is 4.56. The maximum atomic E-state index is 4.84.